The maximum atomic E-state index is 5.54. The Labute approximate surface area is 398 Å². The highest BCUT2D eigenvalue weighted by molar-refractivity contribution is 7.26. The number of nitrogens with zero attached hydrogens (tertiary/aromatic N) is 3. The topological polar surface area (TPSA) is 30.7 Å². The van der Waals surface area contributed by atoms with E-state index in [1.54, 1.807) is 11.3 Å². The Morgan fingerprint density at radius 1 is 0.309 bits per heavy atom. The van der Waals surface area contributed by atoms with Gasteiger partial charge in [-0.3, -0.25) is 0 Å². The van der Waals surface area contributed by atoms with Crippen molar-refractivity contribution in [2.45, 2.75) is 0 Å². The van der Waals surface area contributed by atoms with E-state index in [2.05, 4.69) is 247 Å². The van der Waals surface area contributed by atoms with Crippen LogP contribution in [0.3, 0.4) is 0 Å². The highest BCUT2D eigenvalue weighted by atomic mass is 32.1. The van der Waals surface area contributed by atoms with Crippen LogP contribution in [-0.4, -0.2) is 14.5 Å². The molecule has 10 aromatic carbocycles. The summed E-state index contributed by atoms with van der Waals surface area (Å²) in [6.45, 7) is 0. The van der Waals surface area contributed by atoms with Crippen molar-refractivity contribution in [3.63, 3.8) is 0 Å². The van der Waals surface area contributed by atoms with E-state index >= 15 is 0 Å². The summed E-state index contributed by atoms with van der Waals surface area (Å²) in [5, 5.41) is 3.55. The number of benzene rings is 10. The quantitative estimate of drug-likeness (QED) is 0.152. The summed E-state index contributed by atoms with van der Waals surface area (Å²) in [6.07, 6.45) is 0. The number of para-hydroxylation sites is 1. The molecule has 0 aliphatic carbocycles. The Balaban J connectivity index is 1.15. The fourth-order valence-corrected chi connectivity index (χ4v) is 11.1. The van der Waals surface area contributed by atoms with Crippen molar-refractivity contribution in [1.82, 2.24) is 14.5 Å². The maximum absolute atomic E-state index is 5.54. The lowest BCUT2D eigenvalue weighted by atomic mass is 9.90. The fraction of sp³-hybridized carbons (Fsp3) is 0. The average molecular weight is 884 g/mol. The normalized spacial score (nSPS) is 11.5. The monoisotopic (exact) mass is 883 g/mol. The van der Waals surface area contributed by atoms with Crippen LogP contribution in [0.25, 0.3) is 126 Å². The molecule has 0 radical (unpaired) electrons. The average Bonchev–Trinajstić information content (AvgIpc) is 3.97. The molecule has 0 unspecified atom stereocenters. The van der Waals surface area contributed by atoms with Gasteiger partial charge in [0.1, 0.15) is 0 Å². The molecule has 0 aliphatic rings. The van der Waals surface area contributed by atoms with Crippen LogP contribution in [0.4, 0.5) is 0 Å². The lowest BCUT2D eigenvalue weighted by Crippen LogP contribution is -2.02. The molecular formula is C64H41N3S. The summed E-state index contributed by atoms with van der Waals surface area (Å²) < 4.78 is 4.77. The third-order valence-electron chi connectivity index (χ3n) is 13.2. The molecule has 0 bridgehead atoms. The van der Waals surface area contributed by atoms with Gasteiger partial charge in [0.2, 0.25) is 0 Å². The fourth-order valence-electron chi connectivity index (χ4n) is 9.92. The van der Waals surface area contributed by atoms with Crippen LogP contribution in [0.15, 0.2) is 249 Å². The molecule has 318 valence electrons. The molecule has 0 saturated carbocycles. The molecule has 13 aromatic rings. The van der Waals surface area contributed by atoms with E-state index in [-0.39, 0.29) is 0 Å². The van der Waals surface area contributed by atoms with Gasteiger partial charge in [-0.05, 0) is 80.9 Å². The Hall–Kier alpha value is -8.70. The molecule has 3 aromatic heterocycles. The van der Waals surface area contributed by atoms with Gasteiger partial charge in [-0.1, -0.05) is 212 Å². The van der Waals surface area contributed by atoms with Crippen LogP contribution in [-0.2, 0) is 0 Å². The van der Waals surface area contributed by atoms with Crippen LogP contribution in [0.2, 0.25) is 0 Å². The molecule has 4 heteroatoms. The lowest BCUT2D eigenvalue weighted by Gasteiger charge is -2.22. The van der Waals surface area contributed by atoms with Crippen LogP contribution in [0, 0.1) is 0 Å². The van der Waals surface area contributed by atoms with Crippen LogP contribution in [0.1, 0.15) is 0 Å². The number of hydrogen-bond donors (Lipinski definition) is 0. The molecule has 0 fully saturated rings. The second-order valence-electron chi connectivity index (χ2n) is 17.3. The van der Waals surface area contributed by atoms with Gasteiger partial charge in [0.25, 0.3) is 0 Å². The summed E-state index contributed by atoms with van der Waals surface area (Å²) in [6, 6.07) is 89.7. The molecule has 13 rings (SSSR count). The van der Waals surface area contributed by atoms with E-state index in [1.165, 1.54) is 48.9 Å². The van der Waals surface area contributed by atoms with E-state index in [9.17, 15) is 0 Å². The van der Waals surface area contributed by atoms with Crippen molar-refractivity contribution >= 4 is 53.4 Å². The first-order chi connectivity index (χ1) is 33.7. The highest BCUT2D eigenvalue weighted by Gasteiger charge is 2.25. The van der Waals surface area contributed by atoms with Gasteiger partial charge in [-0.25, -0.2) is 9.97 Å². The van der Waals surface area contributed by atoms with E-state index in [1.807, 2.05) is 6.07 Å². The van der Waals surface area contributed by atoms with Crippen molar-refractivity contribution in [1.29, 1.82) is 0 Å². The van der Waals surface area contributed by atoms with Gasteiger partial charge in [0.05, 0.1) is 32.6 Å². The molecule has 0 atom stereocenters. The van der Waals surface area contributed by atoms with Gasteiger partial charge in [0, 0.05) is 43.1 Å². The Bertz CT molecular complexity index is 3870. The van der Waals surface area contributed by atoms with E-state index < -0.39 is 0 Å². The Morgan fingerprint density at radius 2 is 0.750 bits per heavy atom. The highest BCUT2D eigenvalue weighted by Crippen LogP contribution is 2.47. The SMILES string of the molecule is c1ccc(-c2ccc(-c3cc(-c4nc(-c5ccccc5)nc5c4sc4ccccc45)cc(-c4ccc(-c5ccccc5)cc4)c3-n3c4ccccc4c4cc(-c5ccccc5)ccc43)cc2)cc1. The van der Waals surface area contributed by atoms with Crippen molar-refractivity contribution in [2.75, 3.05) is 0 Å². The molecule has 0 spiro atoms. The summed E-state index contributed by atoms with van der Waals surface area (Å²) in [5.74, 6) is 0.708. The first-order valence-corrected chi connectivity index (χ1v) is 23.9. The molecule has 0 saturated heterocycles. The largest absolute Gasteiger partial charge is 0.308 e. The predicted molar refractivity (Wildman–Crippen MR) is 287 cm³/mol. The zero-order valence-corrected chi connectivity index (χ0v) is 37.7. The van der Waals surface area contributed by atoms with Crippen molar-refractivity contribution in [2.24, 2.45) is 0 Å². The minimum absolute atomic E-state index is 0.708. The third-order valence-corrected chi connectivity index (χ3v) is 14.4. The van der Waals surface area contributed by atoms with E-state index in [0.29, 0.717) is 5.82 Å². The summed E-state index contributed by atoms with van der Waals surface area (Å²) in [7, 11) is 0. The smallest absolute Gasteiger partial charge is 0.160 e. The van der Waals surface area contributed by atoms with Gasteiger partial charge in [-0.15, -0.1) is 11.3 Å². The van der Waals surface area contributed by atoms with Crippen molar-refractivity contribution < 1.29 is 0 Å². The molecule has 0 aliphatic heterocycles. The molecular weight excluding hydrogens is 843 g/mol. The van der Waals surface area contributed by atoms with E-state index in [0.717, 1.165) is 71.4 Å². The summed E-state index contributed by atoms with van der Waals surface area (Å²) >= 11 is 1.76. The maximum Gasteiger partial charge on any atom is 0.160 e. The van der Waals surface area contributed by atoms with Crippen LogP contribution < -0.4 is 0 Å². The lowest BCUT2D eigenvalue weighted by molar-refractivity contribution is 1.18. The number of thiophene rings is 1. The standard InChI is InChI=1S/C64H41N3S/c1-5-17-42(18-6-1)45-29-33-47(34-30-45)54-40-51(60-63-61(53-26-14-16-28-59(53)68-63)66-64(65-60)49-23-11-4-12-24-49)41-55(48-35-31-46(32-36-48)43-19-7-2-8-20-43)62(54)67-57-27-15-13-25-52(57)56-39-50(37-38-58(56)67)44-21-9-3-10-22-44/h1-41H. The molecule has 3 nitrogen and oxygen atoms in total. The Morgan fingerprint density at radius 3 is 1.34 bits per heavy atom. The second kappa shape index (κ2) is 16.6. The van der Waals surface area contributed by atoms with E-state index in [4.69, 9.17) is 9.97 Å². The number of rotatable bonds is 8. The minimum atomic E-state index is 0.708. The number of hydrogen-bond acceptors (Lipinski definition) is 3. The summed E-state index contributed by atoms with van der Waals surface area (Å²) in [4.78, 5) is 10.8. The minimum Gasteiger partial charge on any atom is -0.308 e. The molecule has 68 heavy (non-hydrogen) atoms. The predicted octanol–water partition coefficient (Wildman–Crippen LogP) is 17.6. The Kier molecular flexibility index (Phi) is 9.69. The first-order valence-electron chi connectivity index (χ1n) is 23.1. The zero-order valence-electron chi connectivity index (χ0n) is 36.9. The van der Waals surface area contributed by atoms with Gasteiger partial charge in [0.15, 0.2) is 5.82 Å². The molecule has 0 amide bonds. The van der Waals surface area contributed by atoms with Crippen LogP contribution >= 0.6 is 11.3 Å². The summed E-state index contributed by atoms with van der Waals surface area (Å²) in [5.41, 5.74) is 18.8. The zero-order chi connectivity index (χ0) is 45.0. The molecule has 0 N–H and O–H groups in total. The van der Waals surface area contributed by atoms with Gasteiger partial charge >= 0.3 is 0 Å². The number of fused-ring (bicyclic) bond motifs is 6. The second-order valence-corrected chi connectivity index (χ2v) is 18.3. The van der Waals surface area contributed by atoms with Crippen molar-refractivity contribution in [3.05, 3.63) is 249 Å². The van der Waals surface area contributed by atoms with Crippen LogP contribution in [0.5, 0.6) is 0 Å². The molecule has 3 heterocycles. The van der Waals surface area contributed by atoms with Gasteiger partial charge < -0.3 is 4.57 Å². The number of aromatic nitrogens is 3. The third kappa shape index (κ3) is 6.90. The van der Waals surface area contributed by atoms with Crippen molar-refractivity contribution in [3.8, 4) is 84.0 Å². The first kappa shape index (κ1) is 39.6. The van der Waals surface area contributed by atoms with Gasteiger partial charge in [-0.2, -0.15) is 0 Å².